The zero-order valence-corrected chi connectivity index (χ0v) is 14.6. The van der Waals surface area contributed by atoms with Crippen molar-refractivity contribution in [2.45, 2.75) is 39.8 Å². The highest BCUT2D eigenvalue weighted by Crippen LogP contribution is 2.25. The molecule has 2 aromatic rings. The van der Waals surface area contributed by atoms with Crippen molar-refractivity contribution in [1.29, 1.82) is 0 Å². The summed E-state index contributed by atoms with van der Waals surface area (Å²) in [6.45, 7) is 7.88. The molecule has 0 aliphatic carbocycles. The first-order valence-electron chi connectivity index (χ1n) is 7.85. The first-order chi connectivity index (χ1) is 11.4. The number of aromatic nitrogens is 2. The van der Waals surface area contributed by atoms with Crippen LogP contribution < -0.4 is 4.74 Å². The van der Waals surface area contributed by atoms with Gasteiger partial charge in [-0.05, 0) is 33.8 Å². The maximum Gasteiger partial charge on any atom is 0.255 e. The van der Waals surface area contributed by atoms with Crippen LogP contribution in [-0.2, 0) is 0 Å². The fourth-order valence-corrected chi connectivity index (χ4v) is 2.69. The van der Waals surface area contributed by atoms with E-state index in [2.05, 4.69) is 9.97 Å². The lowest BCUT2D eigenvalue weighted by Gasteiger charge is -2.31. The van der Waals surface area contributed by atoms with Gasteiger partial charge in [0.15, 0.2) is 5.82 Å². The van der Waals surface area contributed by atoms with Crippen LogP contribution in [0.5, 0.6) is 5.88 Å². The average molecular weight is 331 g/mol. The monoisotopic (exact) mass is 331 g/mol. The fourth-order valence-electron chi connectivity index (χ4n) is 2.69. The number of hydrogen-bond donors (Lipinski definition) is 0. The van der Waals surface area contributed by atoms with Gasteiger partial charge in [-0.1, -0.05) is 18.2 Å². The number of carbonyl (C=O) groups is 1. The predicted octanol–water partition coefficient (Wildman–Crippen LogP) is 3.55. The number of carbonyl (C=O) groups excluding carboxylic acids is 1. The summed E-state index contributed by atoms with van der Waals surface area (Å²) in [6.07, 6.45) is 1.05. The van der Waals surface area contributed by atoms with Gasteiger partial charge in [-0.2, -0.15) is 9.37 Å². The SMILES string of the molecule is COc1nc(-c2ccccc2C(=O)N(C(C)C)C(C)C)ncc1F. The van der Waals surface area contributed by atoms with Gasteiger partial charge < -0.3 is 9.64 Å². The highest BCUT2D eigenvalue weighted by atomic mass is 19.1. The molecule has 0 fully saturated rings. The zero-order valence-electron chi connectivity index (χ0n) is 14.6. The summed E-state index contributed by atoms with van der Waals surface area (Å²) in [5.41, 5.74) is 1.03. The van der Waals surface area contributed by atoms with Crippen molar-refractivity contribution in [1.82, 2.24) is 14.9 Å². The molecule has 1 amide bonds. The first-order valence-corrected chi connectivity index (χ1v) is 7.85. The second-order valence-corrected chi connectivity index (χ2v) is 6.00. The molecule has 24 heavy (non-hydrogen) atoms. The molecule has 0 bridgehead atoms. The molecule has 0 radical (unpaired) electrons. The maximum atomic E-state index is 13.6. The third-order valence-electron chi connectivity index (χ3n) is 3.65. The second kappa shape index (κ2) is 7.38. The lowest BCUT2D eigenvalue weighted by Crippen LogP contribution is -2.42. The molecule has 1 heterocycles. The van der Waals surface area contributed by atoms with E-state index in [9.17, 15) is 9.18 Å². The molecule has 128 valence electrons. The van der Waals surface area contributed by atoms with Crippen LogP contribution in [0.3, 0.4) is 0 Å². The molecule has 6 heteroatoms. The minimum Gasteiger partial charge on any atom is -0.479 e. The van der Waals surface area contributed by atoms with Crippen LogP contribution in [0.4, 0.5) is 4.39 Å². The summed E-state index contributed by atoms with van der Waals surface area (Å²) in [4.78, 5) is 22.9. The van der Waals surface area contributed by atoms with Crippen molar-refractivity contribution < 1.29 is 13.9 Å². The van der Waals surface area contributed by atoms with Crippen molar-refractivity contribution in [3.63, 3.8) is 0 Å². The van der Waals surface area contributed by atoms with E-state index in [-0.39, 0.29) is 29.7 Å². The smallest absolute Gasteiger partial charge is 0.255 e. The summed E-state index contributed by atoms with van der Waals surface area (Å²) in [7, 11) is 1.34. The molecule has 0 spiro atoms. The minimum atomic E-state index is -0.643. The van der Waals surface area contributed by atoms with E-state index < -0.39 is 5.82 Å². The lowest BCUT2D eigenvalue weighted by atomic mass is 10.0. The van der Waals surface area contributed by atoms with Crippen LogP contribution in [0.15, 0.2) is 30.5 Å². The van der Waals surface area contributed by atoms with Crippen molar-refractivity contribution >= 4 is 5.91 Å². The molecule has 5 nitrogen and oxygen atoms in total. The molecule has 1 aromatic carbocycles. The number of amides is 1. The largest absolute Gasteiger partial charge is 0.479 e. The Morgan fingerprint density at radius 2 is 1.79 bits per heavy atom. The van der Waals surface area contributed by atoms with E-state index >= 15 is 0 Å². The van der Waals surface area contributed by atoms with E-state index in [1.54, 1.807) is 29.2 Å². The number of rotatable bonds is 5. The molecule has 0 saturated heterocycles. The zero-order chi connectivity index (χ0) is 17.9. The summed E-state index contributed by atoms with van der Waals surface area (Å²) < 4.78 is 18.5. The fraction of sp³-hybridized carbons (Fsp3) is 0.389. The second-order valence-electron chi connectivity index (χ2n) is 6.00. The highest BCUT2D eigenvalue weighted by Gasteiger charge is 2.25. The normalized spacial score (nSPS) is 11.0. The molecule has 0 atom stereocenters. The lowest BCUT2D eigenvalue weighted by molar-refractivity contribution is 0.0644. The van der Waals surface area contributed by atoms with Crippen molar-refractivity contribution in [3.05, 3.63) is 41.8 Å². The predicted molar refractivity (Wildman–Crippen MR) is 90.4 cm³/mol. The van der Waals surface area contributed by atoms with E-state index in [0.717, 1.165) is 6.20 Å². The topological polar surface area (TPSA) is 55.3 Å². The third kappa shape index (κ3) is 3.53. The van der Waals surface area contributed by atoms with Gasteiger partial charge in [0.05, 0.1) is 18.9 Å². The Morgan fingerprint density at radius 1 is 1.17 bits per heavy atom. The Balaban J connectivity index is 2.53. The van der Waals surface area contributed by atoms with Crippen LogP contribution in [-0.4, -0.2) is 40.0 Å². The maximum absolute atomic E-state index is 13.6. The number of methoxy groups -OCH3 is 1. The van der Waals surface area contributed by atoms with Crippen molar-refractivity contribution in [2.75, 3.05) is 7.11 Å². The summed E-state index contributed by atoms with van der Waals surface area (Å²) >= 11 is 0. The molecular formula is C18H22FN3O2. The van der Waals surface area contributed by atoms with Gasteiger partial charge in [0.2, 0.25) is 5.82 Å². The summed E-state index contributed by atoms with van der Waals surface area (Å²) in [6, 6.07) is 7.16. The molecular weight excluding hydrogens is 309 g/mol. The van der Waals surface area contributed by atoms with Gasteiger partial charge >= 0.3 is 0 Å². The van der Waals surface area contributed by atoms with Crippen LogP contribution in [0.1, 0.15) is 38.1 Å². The molecule has 0 saturated carbocycles. The molecule has 2 rings (SSSR count). The van der Waals surface area contributed by atoms with Crippen molar-refractivity contribution in [3.8, 4) is 17.3 Å². The third-order valence-corrected chi connectivity index (χ3v) is 3.65. The number of halogens is 1. The van der Waals surface area contributed by atoms with Crippen molar-refractivity contribution in [2.24, 2.45) is 0 Å². The molecule has 0 unspecified atom stereocenters. The van der Waals surface area contributed by atoms with Gasteiger partial charge in [-0.25, -0.2) is 4.98 Å². The van der Waals surface area contributed by atoms with E-state index in [4.69, 9.17) is 4.74 Å². The minimum absolute atomic E-state index is 0.0502. The molecule has 1 aromatic heterocycles. The van der Waals surface area contributed by atoms with Crippen LogP contribution in [0.25, 0.3) is 11.4 Å². The molecule has 0 aliphatic rings. The van der Waals surface area contributed by atoms with Gasteiger partial charge in [-0.15, -0.1) is 0 Å². The van der Waals surface area contributed by atoms with Crippen LogP contribution in [0, 0.1) is 5.82 Å². The highest BCUT2D eigenvalue weighted by molar-refractivity contribution is 6.00. The Kier molecular flexibility index (Phi) is 5.49. The van der Waals surface area contributed by atoms with Gasteiger partial charge in [0.25, 0.3) is 11.8 Å². The Bertz CT molecular complexity index is 724. The first kappa shape index (κ1) is 17.8. The van der Waals surface area contributed by atoms with Gasteiger partial charge in [-0.3, -0.25) is 4.79 Å². The van der Waals surface area contributed by atoms with Crippen LogP contribution in [0.2, 0.25) is 0 Å². The number of nitrogens with zero attached hydrogens (tertiary/aromatic N) is 3. The Morgan fingerprint density at radius 3 is 2.38 bits per heavy atom. The standard InChI is InChI=1S/C18H22FN3O2/c1-11(2)22(12(3)4)18(23)14-9-7-6-8-13(14)16-20-10-15(19)17(21-16)24-5/h6-12H,1-5H3. The average Bonchev–Trinajstić information content (AvgIpc) is 2.54. The number of benzene rings is 1. The molecule has 0 aliphatic heterocycles. The van der Waals surface area contributed by atoms with Crippen LogP contribution >= 0.6 is 0 Å². The molecule has 0 N–H and O–H groups in total. The number of hydrogen-bond acceptors (Lipinski definition) is 4. The van der Waals surface area contributed by atoms with E-state index in [0.29, 0.717) is 11.1 Å². The Hall–Kier alpha value is -2.50. The number of ether oxygens (including phenoxy) is 1. The quantitative estimate of drug-likeness (QED) is 0.841. The van der Waals surface area contributed by atoms with Gasteiger partial charge in [0, 0.05) is 17.6 Å². The van der Waals surface area contributed by atoms with E-state index in [1.165, 1.54) is 7.11 Å². The van der Waals surface area contributed by atoms with E-state index in [1.807, 2.05) is 27.7 Å². The van der Waals surface area contributed by atoms with Gasteiger partial charge in [0.1, 0.15) is 0 Å². The summed E-state index contributed by atoms with van der Waals surface area (Å²) in [5.74, 6) is -0.643. The summed E-state index contributed by atoms with van der Waals surface area (Å²) in [5, 5.41) is 0. The Labute approximate surface area is 141 Å².